The molecule has 1 aromatic heterocycles. The number of benzene rings is 1. The molecule has 0 spiro atoms. The van der Waals surface area contributed by atoms with Gasteiger partial charge in [0.15, 0.2) is 0 Å². The Hall–Kier alpha value is -2.14. The lowest BCUT2D eigenvalue weighted by atomic mass is 10.1. The first-order chi connectivity index (χ1) is 11.6. The molecular weight excluding hydrogens is 320 g/mol. The van der Waals surface area contributed by atoms with Crippen LogP contribution in [0.5, 0.6) is 0 Å². The maximum Gasteiger partial charge on any atom is 0.261 e. The first-order valence-corrected chi connectivity index (χ1v) is 9.11. The largest absolute Gasteiger partial charge is 0.351 e. The molecule has 0 unspecified atom stereocenters. The minimum absolute atomic E-state index is 0.0678. The Morgan fingerprint density at radius 2 is 1.83 bits per heavy atom. The second-order valence-corrected chi connectivity index (χ2v) is 6.70. The van der Waals surface area contributed by atoms with Crippen LogP contribution in [0.2, 0.25) is 0 Å². The lowest BCUT2D eigenvalue weighted by molar-refractivity contribution is -0.130. The van der Waals surface area contributed by atoms with Crippen LogP contribution in [0.4, 0.5) is 0 Å². The van der Waals surface area contributed by atoms with E-state index < -0.39 is 0 Å². The van der Waals surface area contributed by atoms with Gasteiger partial charge < -0.3 is 10.2 Å². The third-order valence-electron chi connectivity index (χ3n) is 3.87. The first kappa shape index (κ1) is 18.2. The third kappa shape index (κ3) is 5.49. The van der Waals surface area contributed by atoms with Crippen molar-refractivity contribution in [2.24, 2.45) is 0 Å². The molecule has 2 aromatic rings. The third-order valence-corrected chi connectivity index (χ3v) is 4.74. The van der Waals surface area contributed by atoms with Gasteiger partial charge >= 0.3 is 0 Å². The van der Waals surface area contributed by atoms with E-state index in [2.05, 4.69) is 36.5 Å². The highest BCUT2D eigenvalue weighted by molar-refractivity contribution is 7.12. The zero-order chi connectivity index (χ0) is 17.4. The topological polar surface area (TPSA) is 49.4 Å². The van der Waals surface area contributed by atoms with E-state index in [0.29, 0.717) is 30.8 Å². The van der Waals surface area contributed by atoms with Crippen LogP contribution in [0, 0.1) is 0 Å². The van der Waals surface area contributed by atoms with E-state index in [9.17, 15) is 9.59 Å². The molecule has 0 aliphatic carbocycles. The van der Waals surface area contributed by atoms with Gasteiger partial charge in [-0.3, -0.25) is 9.59 Å². The van der Waals surface area contributed by atoms with Crippen molar-refractivity contribution >= 4 is 23.2 Å². The average molecular weight is 344 g/mol. The van der Waals surface area contributed by atoms with Crippen molar-refractivity contribution in [2.75, 3.05) is 13.6 Å². The zero-order valence-corrected chi connectivity index (χ0v) is 15.1. The summed E-state index contributed by atoms with van der Waals surface area (Å²) in [5.41, 5.74) is 2.43. The predicted molar refractivity (Wildman–Crippen MR) is 98.2 cm³/mol. The Kier molecular flexibility index (Phi) is 7.00. The van der Waals surface area contributed by atoms with Crippen LogP contribution < -0.4 is 5.32 Å². The Morgan fingerprint density at radius 1 is 1.12 bits per heavy atom. The maximum atomic E-state index is 12.2. The molecule has 2 amide bonds. The lowest BCUT2D eigenvalue weighted by Gasteiger charge is -2.17. The lowest BCUT2D eigenvalue weighted by Crippen LogP contribution is -2.28. The Balaban J connectivity index is 1.68. The van der Waals surface area contributed by atoms with E-state index in [1.165, 1.54) is 16.9 Å². The average Bonchev–Trinajstić information content (AvgIpc) is 3.13. The highest BCUT2D eigenvalue weighted by atomic mass is 32.1. The highest BCUT2D eigenvalue weighted by Gasteiger charge is 2.10. The highest BCUT2D eigenvalue weighted by Crippen LogP contribution is 2.09. The molecule has 1 heterocycles. The van der Waals surface area contributed by atoms with Gasteiger partial charge in [0.2, 0.25) is 5.91 Å². The van der Waals surface area contributed by atoms with Gasteiger partial charge in [0, 0.05) is 26.6 Å². The minimum Gasteiger partial charge on any atom is -0.351 e. The predicted octanol–water partition coefficient (Wildman–Crippen LogP) is 3.48. The fraction of sp³-hybridized carbons (Fsp3) is 0.368. The molecule has 5 heteroatoms. The molecule has 1 aromatic carbocycles. The van der Waals surface area contributed by atoms with Crippen LogP contribution in [0.1, 0.15) is 40.6 Å². The van der Waals surface area contributed by atoms with Gasteiger partial charge in [0.1, 0.15) is 0 Å². The summed E-state index contributed by atoms with van der Waals surface area (Å²) >= 11 is 1.42. The van der Waals surface area contributed by atoms with E-state index in [4.69, 9.17) is 0 Å². The number of carbonyl (C=O) groups excluding carboxylic acids is 2. The van der Waals surface area contributed by atoms with Crippen LogP contribution in [0.15, 0.2) is 41.8 Å². The van der Waals surface area contributed by atoms with Gasteiger partial charge in [-0.15, -0.1) is 11.3 Å². The van der Waals surface area contributed by atoms with Crippen LogP contribution in [0.3, 0.4) is 0 Å². The number of nitrogens with zero attached hydrogens (tertiary/aromatic N) is 1. The summed E-state index contributed by atoms with van der Waals surface area (Å²) in [5, 5.41) is 4.72. The van der Waals surface area contributed by atoms with E-state index in [0.717, 1.165) is 12.0 Å². The molecule has 0 radical (unpaired) electrons. The summed E-state index contributed by atoms with van der Waals surface area (Å²) in [7, 11) is 1.82. The Labute approximate surface area is 147 Å². The second-order valence-electron chi connectivity index (χ2n) is 5.76. The fourth-order valence-electron chi connectivity index (χ4n) is 2.37. The van der Waals surface area contributed by atoms with E-state index in [1.807, 2.05) is 18.5 Å². The van der Waals surface area contributed by atoms with Crippen molar-refractivity contribution in [3.8, 4) is 0 Å². The monoisotopic (exact) mass is 344 g/mol. The molecule has 0 bridgehead atoms. The van der Waals surface area contributed by atoms with Crippen molar-refractivity contribution in [3.05, 3.63) is 57.8 Å². The van der Waals surface area contributed by atoms with Gasteiger partial charge in [-0.2, -0.15) is 0 Å². The Morgan fingerprint density at radius 3 is 2.46 bits per heavy atom. The van der Waals surface area contributed by atoms with Crippen LogP contribution in [-0.4, -0.2) is 30.3 Å². The van der Waals surface area contributed by atoms with Crippen LogP contribution in [0.25, 0.3) is 0 Å². The second kappa shape index (κ2) is 9.23. The summed E-state index contributed by atoms with van der Waals surface area (Å²) in [6.07, 6.45) is 2.11. The number of nitrogens with one attached hydrogen (secondary N) is 1. The first-order valence-electron chi connectivity index (χ1n) is 8.23. The van der Waals surface area contributed by atoms with Crippen molar-refractivity contribution in [2.45, 2.75) is 32.7 Å². The smallest absolute Gasteiger partial charge is 0.261 e. The van der Waals surface area contributed by atoms with Gasteiger partial charge in [-0.05, 0) is 35.4 Å². The number of aryl methyl sites for hydroxylation is 1. The van der Waals surface area contributed by atoms with Gasteiger partial charge in [0.05, 0.1) is 4.88 Å². The van der Waals surface area contributed by atoms with Gasteiger partial charge in [-0.25, -0.2) is 0 Å². The molecule has 4 nitrogen and oxygen atoms in total. The van der Waals surface area contributed by atoms with Crippen LogP contribution in [-0.2, 0) is 17.8 Å². The molecular formula is C19H24N2O2S. The quantitative estimate of drug-likeness (QED) is 0.745. The summed E-state index contributed by atoms with van der Waals surface area (Å²) in [6.45, 7) is 3.26. The van der Waals surface area contributed by atoms with Crippen LogP contribution >= 0.6 is 11.3 Å². The summed E-state index contributed by atoms with van der Waals surface area (Å²) in [5.74, 6) is 0.0294. The maximum absolute atomic E-state index is 12.2. The fourth-order valence-corrected chi connectivity index (χ4v) is 3.01. The van der Waals surface area contributed by atoms with E-state index in [1.54, 1.807) is 11.0 Å². The normalized spacial score (nSPS) is 10.4. The van der Waals surface area contributed by atoms with Gasteiger partial charge in [0.25, 0.3) is 5.91 Å². The number of rotatable bonds is 8. The van der Waals surface area contributed by atoms with Crippen molar-refractivity contribution in [1.82, 2.24) is 10.2 Å². The molecule has 0 fully saturated rings. The SMILES string of the molecule is CCc1ccc(CN(C)C(=O)CCCNC(=O)c2cccs2)cc1. The molecule has 24 heavy (non-hydrogen) atoms. The summed E-state index contributed by atoms with van der Waals surface area (Å²) < 4.78 is 0. The summed E-state index contributed by atoms with van der Waals surface area (Å²) in [4.78, 5) is 26.4. The number of amides is 2. The van der Waals surface area contributed by atoms with Gasteiger partial charge in [-0.1, -0.05) is 37.3 Å². The van der Waals surface area contributed by atoms with Crippen molar-refractivity contribution < 1.29 is 9.59 Å². The molecule has 0 saturated carbocycles. The minimum atomic E-state index is -0.0678. The molecule has 2 rings (SSSR count). The van der Waals surface area contributed by atoms with E-state index >= 15 is 0 Å². The zero-order valence-electron chi connectivity index (χ0n) is 14.2. The van der Waals surface area contributed by atoms with E-state index in [-0.39, 0.29) is 11.8 Å². The standard InChI is InChI=1S/C19H24N2O2S/c1-3-15-8-10-16(11-9-15)14-21(2)18(22)7-4-12-20-19(23)17-6-5-13-24-17/h5-6,8-11,13H,3-4,7,12,14H2,1-2H3,(H,20,23). The molecule has 1 N–H and O–H groups in total. The molecule has 128 valence electrons. The number of carbonyl (C=O) groups is 2. The molecule has 0 aliphatic rings. The number of hydrogen-bond acceptors (Lipinski definition) is 3. The molecule has 0 aliphatic heterocycles. The van der Waals surface area contributed by atoms with Crippen molar-refractivity contribution in [1.29, 1.82) is 0 Å². The Bertz CT molecular complexity index is 651. The summed E-state index contributed by atoms with van der Waals surface area (Å²) in [6, 6.07) is 12.0. The molecule has 0 saturated heterocycles. The van der Waals surface area contributed by atoms with Crippen molar-refractivity contribution in [3.63, 3.8) is 0 Å². The molecule has 0 atom stereocenters. The number of thiophene rings is 1. The number of hydrogen-bond donors (Lipinski definition) is 1.